The van der Waals surface area contributed by atoms with Crippen LogP contribution in [0.4, 0.5) is 4.79 Å². The second kappa shape index (κ2) is 5.31. The molecule has 21 heavy (non-hydrogen) atoms. The van der Waals surface area contributed by atoms with Crippen molar-refractivity contribution in [1.29, 1.82) is 0 Å². The largest absolute Gasteiger partial charge is 0.459 e. The lowest BCUT2D eigenvalue weighted by molar-refractivity contribution is -0.157. The summed E-state index contributed by atoms with van der Waals surface area (Å²) in [7, 11) is 0. The maximum atomic E-state index is 12.6. The summed E-state index contributed by atoms with van der Waals surface area (Å²) in [4.78, 5) is 37.6. The Bertz CT molecular complexity index is 469. The van der Waals surface area contributed by atoms with E-state index in [0.29, 0.717) is 6.42 Å². The van der Waals surface area contributed by atoms with Gasteiger partial charge in [-0.2, -0.15) is 0 Å². The van der Waals surface area contributed by atoms with Crippen molar-refractivity contribution in [2.24, 2.45) is 5.92 Å². The number of nitrogens with zero attached hydrogens (tertiary/aromatic N) is 1. The van der Waals surface area contributed by atoms with Gasteiger partial charge in [0.25, 0.3) is 5.91 Å². The van der Waals surface area contributed by atoms with Crippen LogP contribution in [-0.4, -0.2) is 40.5 Å². The van der Waals surface area contributed by atoms with Crippen LogP contribution in [0.5, 0.6) is 0 Å². The number of amides is 3. The summed E-state index contributed by atoms with van der Waals surface area (Å²) in [5, 5.41) is 2.82. The number of rotatable bonds is 2. The predicted molar refractivity (Wildman–Crippen MR) is 76.5 cm³/mol. The van der Waals surface area contributed by atoms with E-state index in [4.69, 9.17) is 4.74 Å². The van der Waals surface area contributed by atoms with Gasteiger partial charge in [0, 0.05) is 0 Å². The molecule has 1 aliphatic heterocycles. The monoisotopic (exact) mass is 296 g/mol. The Balaban J connectivity index is 2.10. The normalized spacial score (nSPS) is 29.7. The first-order valence-electron chi connectivity index (χ1n) is 7.52. The van der Waals surface area contributed by atoms with Gasteiger partial charge in [0.05, 0.1) is 0 Å². The highest BCUT2D eigenvalue weighted by Gasteiger charge is 2.55. The summed E-state index contributed by atoms with van der Waals surface area (Å²) < 4.78 is 5.19. The number of esters is 1. The van der Waals surface area contributed by atoms with E-state index in [2.05, 4.69) is 5.32 Å². The first kappa shape index (κ1) is 15.8. The Morgan fingerprint density at radius 3 is 2.62 bits per heavy atom. The van der Waals surface area contributed by atoms with Gasteiger partial charge < -0.3 is 10.1 Å². The van der Waals surface area contributed by atoms with E-state index in [1.807, 2.05) is 6.92 Å². The molecule has 6 heteroatoms. The molecule has 2 fully saturated rings. The first-order chi connectivity index (χ1) is 9.66. The van der Waals surface area contributed by atoms with E-state index < -0.39 is 23.1 Å². The molecule has 1 heterocycles. The fourth-order valence-corrected chi connectivity index (χ4v) is 3.14. The van der Waals surface area contributed by atoms with Crippen molar-refractivity contribution in [3.8, 4) is 0 Å². The molecule has 118 valence electrons. The lowest BCUT2D eigenvalue weighted by Gasteiger charge is -2.36. The third-order valence-corrected chi connectivity index (χ3v) is 4.21. The molecule has 0 unspecified atom stereocenters. The second-order valence-corrected chi connectivity index (χ2v) is 7.03. The minimum absolute atomic E-state index is 0.0892. The van der Waals surface area contributed by atoms with Crippen molar-refractivity contribution >= 4 is 17.9 Å². The lowest BCUT2D eigenvalue weighted by Crippen LogP contribution is -2.54. The van der Waals surface area contributed by atoms with Crippen LogP contribution in [0.2, 0.25) is 0 Å². The van der Waals surface area contributed by atoms with Crippen molar-refractivity contribution in [1.82, 2.24) is 10.2 Å². The molecule has 0 aromatic rings. The summed E-state index contributed by atoms with van der Waals surface area (Å²) in [5.74, 6) is -0.761. The second-order valence-electron chi connectivity index (χ2n) is 7.03. The van der Waals surface area contributed by atoms with E-state index in [1.165, 1.54) is 0 Å². The average Bonchev–Trinajstić information content (AvgIpc) is 2.56. The number of carbonyl (C=O) groups is 3. The summed E-state index contributed by atoms with van der Waals surface area (Å²) >= 11 is 0. The van der Waals surface area contributed by atoms with Crippen LogP contribution in [0.3, 0.4) is 0 Å². The summed E-state index contributed by atoms with van der Waals surface area (Å²) in [6.07, 6.45) is 3.53. The van der Waals surface area contributed by atoms with Crippen LogP contribution in [-0.2, 0) is 14.3 Å². The molecule has 6 nitrogen and oxygen atoms in total. The Kier molecular flexibility index (Phi) is 4.00. The topological polar surface area (TPSA) is 75.7 Å². The minimum atomic E-state index is -0.822. The van der Waals surface area contributed by atoms with Crippen LogP contribution in [0.1, 0.15) is 53.4 Å². The number of imide groups is 1. The molecule has 2 atom stereocenters. The molecule has 1 spiro atoms. The molecule has 2 rings (SSSR count). The van der Waals surface area contributed by atoms with Crippen LogP contribution in [0.15, 0.2) is 0 Å². The molecule has 0 aromatic carbocycles. The molecular formula is C15H24N2O4. The van der Waals surface area contributed by atoms with E-state index in [0.717, 1.165) is 24.2 Å². The van der Waals surface area contributed by atoms with Gasteiger partial charge in [-0.3, -0.25) is 14.5 Å². The van der Waals surface area contributed by atoms with Gasteiger partial charge in [-0.15, -0.1) is 0 Å². The minimum Gasteiger partial charge on any atom is -0.459 e. The Morgan fingerprint density at radius 2 is 2.05 bits per heavy atom. The van der Waals surface area contributed by atoms with Gasteiger partial charge in [0.2, 0.25) is 0 Å². The van der Waals surface area contributed by atoms with Gasteiger partial charge >= 0.3 is 12.0 Å². The molecule has 0 bridgehead atoms. The van der Waals surface area contributed by atoms with Gasteiger partial charge in [-0.25, -0.2) is 4.79 Å². The summed E-state index contributed by atoms with van der Waals surface area (Å²) in [5.41, 5.74) is -1.45. The van der Waals surface area contributed by atoms with Crippen molar-refractivity contribution < 1.29 is 19.1 Å². The fourth-order valence-electron chi connectivity index (χ4n) is 3.14. The third kappa shape index (κ3) is 3.04. The number of nitrogens with one attached hydrogen (secondary N) is 1. The zero-order valence-corrected chi connectivity index (χ0v) is 13.2. The Labute approximate surface area is 125 Å². The van der Waals surface area contributed by atoms with Crippen molar-refractivity contribution in [2.75, 3.05) is 6.54 Å². The van der Waals surface area contributed by atoms with Gasteiger partial charge in [0.15, 0.2) is 0 Å². The highest BCUT2D eigenvalue weighted by atomic mass is 16.6. The zero-order valence-electron chi connectivity index (χ0n) is 13.2. The highest BCUT2D eigenvalue weighted by Crippen LogP contribution is 2.38. The maximum absolute atomic E-state index is 12.6. The van der Waals surface area contributed by atoms with Gasteiger partial charge in [0.1, 0.15) is 17.7 Å². The number of hydrogen-bond donors (Lipinski definition) is 1. The molecule has 2 aliphatic rings. The highest BCUT2D eigenvalue weighted by molar-refractivity contribution is 6.08. The predicted octanol–water partition coefficient (Wildman–Crippen LogP) is 1.83. The number of hydrogen-bond acceptors (Lipinski definition) is 4. The SMILES string of the molecule is C[C@@H]1CCCC[C@@]12NC(=O)N(CC(=O)OC(C)(C)C)C2=O. The molecule has 3 amide bonds. The van der Waals surface area contributed by atoms with Crippen LogP contribution in [0.25, 0.3) is 0 Å². The van der Waals surface area contributed by atoms with E-state index in [9.17, 15) is 14.4 Å². The van der Waals surface area contributed by atoms with Crippen LogP contribution in [0, 0.1) is 5.92 Å². The van der Waals surface area contributed by atoms with E-state index in [1.54, 1.807) is 20.8 Å². The van der Waals surface area contributed by atoms with E-state index in [-0.39, 0.29) is 18.4 Å². The van der Waals surface area contributed by atoms with Crippen molar-refractivity contribution in [3.63, 3.8) is 0 Å². The molecule has 1 N–H and O–H groups in total. The summed E-state index contributed by atoms with van der Waals surface area (Å²) in [6.45, 7) is 6.91. The lowest BCUT2D eigenvalue weighted by atomic mass is 9.73. The van der Waals surface area contributed by atoms with Crippen molar-refractivity contribution in [3.05, 3.63) is 0 Å². The molecular weight excluding hydrogens is 272 g/mol. The maximum Gasteiger partial charge on any atom is 0.326 e. The van der Waals surface area contributed by atoms with Gasteiger partial charge in [-0.05, 0) is 39.5 Å². The average molecular weight is 296 g/mol. The fraction of sp³-hybridized carbons (Fsp3) is 0.800. The Morgan fingerprint density at radius 1 is 1.38 bits per heavy atom. The number of carbonyl (C=O) groups excluding carboxylic acids is 3. The molecule has 1 aliphatic carbocycles. The van der Waals surface area contributed by atoms with Gasteiger partial charge in [-0.1, -0.05) is 19.8 Å². The third-order valence-electron chi connectivity index (χ3n) is 4.21. The number of ether oxygens (including phenoxy) is 1. The summed E-state index contributed by atoms with van der Waals surface area (Å²) in [6, 6.07) is -0.486. The smallest absolute Gasteiger partial charge is 0.326 e. The standard InChI is InChI=1S/C15H24N2O4/c1-10-7-5-6-8-15(10)12(19)17(13(20)16-15)9-11(18)21-14(2,3)4/h10H,5-9H2,1-4H3,(H,16,20)/t10-,15-/m1/s1. The van der Waals surface area contributed by atoms with E-state index >= 15 is 0 Å². The quantitative estimate of drug-likeness (QED) is 0.623. The number of urea groups is 1. The van der Waals surface area contributed by atoms with Crippen molar-refractivity contribution in [2.45, 2.75) is 64.5 Å². The van der Waals surface area contributed by atoms with Crippen LogP contribution >= 0.6 is 0 Å². The Hall–Kier alpha value is -1.59. The first-order valence-corrected chi connectivity index (χ1v) is 7.52. The zero-order chi connectivity index (χ0) is 15.8. The van der Waals surface area contributed by atoms with Crippen LogP contribution < -0.4 is 5.32 Å². The molecule has 1 saturated heterocycles. The molecule has 1 saturated carbocycles. The molecule has 0 aromatic heterocycles. The molecule has 0 radical (unpaired) electrons.